The van der Waals surface area contributed by atoms with E-state index in [1.54, 1.807) is 7.05 Å². The van der Waals surface area contributed by atoms with Crippen molar-refractivity contribution in [3.05, 3.63) is 77.1 Å². The number of ether oxygens (including phenoxy) is 1. The van der Waals surface area contributed by atoms with E-state index in [1.807, 2.05) is 36.4 Å². The van der Waals surface area contributed by atoms with E-state index in [9.17, 15) is 19.5 Å². The summed E-state index contributed by atoms with van der Waals surface area (Å²) in [5.41, 5.74) is 5.23. The number of fused-ring (bicyclic) bond motifs is 3. The molecule has 2 aromatic carbocycles. The lowest BCUT2D eigenvalue weighted by Crippen LogP contribution is -2.31. The average molecular weight is 479 g/mol. The van der Waals surface area contributed by atoms with Gasteiger partial charge in [0.05, 0.1) is 12.2 Å². The highest BCUT2D eigenvalue weighted by molar-refractivity contribution is 5.92. The summed E-state index contributed by atoms with van der Waals surface area (Å²) in [7, 11) is 1.58. The van der Waals surface area contributed by atoms with Gasteiger partial charge in [-0.3, -0.25) is 9.48 Å². The molecule has 0 spiro atoms. The highest BCUT2D eigenvalue weighted by atomic mass is 16.5. The standard InChI is InChI=1S/C25H26N4O6/c1-29-21(23(31)26-11-10-22(30)24(32)33)12-15(28-29)13-27-25(34)35-14-20-18-8-4-2-6-16(18)17-7-3-5-9-19(17)20/h2-9,12,20,22,30H,10-11,13-14H2,1H3,(H,26,31)(H,27,34)(H,32,33). The molecule has 182 valence electrons. The van der Waals surface area contributed by atoms with Crippen molar-refractivity contribution in [3.8, 4) is 11.1 Å². The molecule has 1 unspecified atom stereocenters. The zero-order valence-corrected chi connectivity index (χ0v) is 19.1. The van der Waals surface area contributed by atoms with Crippen molar-refractivity contribution in [2.45, 2.75) is 25.0 Å². The molecule has 1 atom stereocenters. The molecule has 1 aliphatic rings. The number of aromatic nitrogens is 2. The fraction of sp³-hybridized carbons (Fsp3) is 0.280. The van der Waals surface area contributed by atoms with Crippen LogP contribution in [0.5, 0.6) is 0 Å². The average Bonchev–Trinajstić information content (AvgIpc) is 3.38. The van der Waals surface area contributed by atoms with Gasteiger partial charge in [-0.2, -0.15) is 5.10 Å². The first kappa shape index (κ1) is 24.0. The summed E-state index contributed by atoms with van der Waals surface area (Å²) in [4.78, 5) is 35.3. The van der Waals surface area contributed by atoms with E-state index in [2.05, 4.69) is 27.9 Å². The van der Waals surface area contributed by atoms with E-state index in [4.69, 9.17) is 9.84 Å². The lowest BCUT2D eigenvalue weighted by molar-refractivity contribution is -0.146. The number of hydrogen-bond donors (Lipinski definition) is 4. The SMILES string of the molecule is Cn1nc(CNC(=O)OCC2c3ccccc3-c3ccccc32)cc1C(=O)NCCC(O)C(=O)O. The van der Waals surface area contributed by atoms with Crippen molar-refractivity contribution in [1.82, 2.24) is 20.4 Å². The van der Waals surface area contributed by atoms with Gasteiger partial charge in [0.1, 0.15) is 12.3 Å². The highest BCUT2D eigenvalue weighted by Gasteiger charge is 2.29. The van der Waals surface area contributed by atoms with E-state index in [0.717, 1.165) is 22.3 Å². The fourth-order valence-electron chi connectivity index (χ4n) is 4.17. The molecular formula is C25H26N4O6. The molecule has 1 aromatic heterocycles. The zero-order chi connectivity index (χ0) is 24.9. The van der Waals surface area contributed by atoms with Crippen LogP contribution in [-0.4, -0.2) is 57.2 Å². The largest absolute Gasteiger partial charge is 0.479 e. The van der Waals surface area contributed by atoms with Crippen molar-refractivity contribution >= 4 is 18.0 Å². The number of carbonyl (C=O) groups excluding carboxylic acids is 2. The number of carbonyl (C=O) groups is 3. The van der Waals surface area contributed by atoms with Gasteiger partial charge in [0.25, 0.3) is 5.91 Å². The molecule has 1 aliphatic carbocycles. The quantitative estimate of drug-likeness (QED) is 0.368. The van der Waals surface area contributed by atoms with Crippen LogP contribution in [0.1, 0.15) is 39.6 Å². The minimum Gasteiger partial charge on any atom is -0.479 e. The van der Waals surface area contributed by atoms with Crippen molar-refractivity contribution in [2.75, 3.05) is 13.2 Å². The Morgan fingerprint density at radius 2 is 1.69 bits per heavy atom. The Morgan fingerprint density at radius 1 is 1.06 bits per heavy atom. The molecule has 0 radical (unpaired) electrons. The minimum absolute atomic E-state index is 0.00911. The molecule has 3 aromatic rings. The van der Waals surface area contributed by atoms with Gasteiger partial charge < -0.3 is 25.6 Å². The van der Waals surface area contributed by atoms with Gasteiger partial charge in [-0.25, -0.2) is 9.59 Å². The molecule has 10 heteroatoms. The second-order valence-corrected chi connectivity index (χ2v) is 8.22. The fourth-order valence-corrected chi connectivity index (χ4v) is 4.17. The maximum atomic E-state index is 12.4. The molecule has 2 amide bonds. The first-order chi connectivity index (χ1) is 16.8. The Kier molecular flexibility index (Phi) is 7.11. The second-order valence-electron chi connectivity index (χ2n) is 8.22. The maximum Gasteiger partial charge on any atom is 0.407 e. The molecule has 0 saturated carbocycles. The Balaban J connectivity index is 1.29. The third-order valence-corrected chi connectivity index (χ3v) is 5.91. The topological polar surface area (TPSA) is 143 Å². The predicted octanol–water partition coefficient (Wildman–Crippen LogP) is 2.02. The highest BCUT2D eigenvalue weighted by Crippen LogP contribution is 2.44. The van der Waals surface area contributed by atoms with E-state index < -0.39 is 24.1 Å². The molecule has 0 fully saturated rings. The van der Waals surface area contributed by atoms with Crippen molar-refractivity contribution in [2.24, 2.45) is 7.05 Å². The van der Waals surface area contributed by atoms with Crippen LogP contribution in [-0.2, 0) is 23.1 Å². The number of carboxylic acids is 1. The summed E-state index contributed by atoms with van der Waals surface area (Å²) in [5, 5.41) is 27.4. The maximum absolute atomic E-state index is 12.4. The normalized spacial score (nSPS) is 13.0. The molecule has 1 heterocycles. The number of nitrogens with one attached hydrogen (secondary N) is 2. The van der Waals surface area contributed by atoms with Gasteiger partial charge in [-0.15, -0.1) is 0 Å². The first-order valence-electron chi connectivity index (χ1n) is 11.2. The predicted molar refractivity (Wildman–Crippen MR) is 126 cm³/mol. The van der Waals surface area contributed by atoms with E-state index in [1.165, 1.54) is 10.7 Å². The van der Waals surface area contributed by atoms with Crippen molar-refractivity contribution < 1.29 is 29.3 Å². The van der Waals surface area contributed by atoms with E-state index in [-0.39, 0.29) is 37.7 Å². The molecule has 4 N–H and O–H groups in total. The zero-order valence-electron chi connectivity index (χ0n) is 19.1. The van der Waals surface area contributed by atoms with Crippen LogP contribution in [0.3, 0.4) is 0 Å². The van der Waals surface area contributed by atoms with Gasteiger partial charge in [0.15, 0.2) is 6.10 Å². The molecule has 0 aliphatic heterocycles. The minimum atomic E-state index is -1.54. The number of carboxylic acid groups (broad SMARTS) is 1. The first-order valence-corrected chi connectivity index (χ1v) is 11.2. The summed E-state index contributed by atoms with van der Waals surface area (Å²) in [5.74, 6) is -1.86. The molecule has 10 nitrogen and oxygen atoms in total. The van der Waals surface area contributed by atoms with Gasteiger partial charge in [0, 0.05) is 25.9 Å². The monoisotopic (exact) mass is 478 g/mol. The Morgan fingerprint density at radius 3 is 2.31 bits per heavy atom. The van der Waals surface area contributed by atoms with Crippen LogP contribution in [0, 0.1) is 0 Å². The third kappa shape index (κ3) is 5.33. The number of hydrogen-bond acceptors (Lipinski definition) is 6. The summed E-state index contributed by atoms with van der Waals surface area (Å²) in [6, 6.07) is 17.7. The molecular weight excluding hydrogens is 452 g/mol. The van der Waals surface area contributed by atoms with Crippen molar-refractivity contribution in [1.29, 1.82) is 0 Å². The summed E-state index contributed by atoms with van der Waals surface area (Å²) in [6.45, 7) is 0.248. The summed E-state index contributed by atoms with van der Waals surface area (Å²) in [6.07, 6.45) is -2.25. The van der Waals surface area contributed by atoms with Crippen LogP contribution in [0.25, 0.3) is 11.1 Å². The van der Waals surface area contributed by atoms with Gasteiger partial charge >= 0.3 is 12.1 Å². The smallest absolute Gasteiger partial charge is 0.407 e. The van der Waals surface area contributed by atoms with Crippen LogP contribution in [0.4, 0.5) is 4.79 Å². The molecule has 35 heavy (non-hydrogen) atoms. The lowest BCUT2D eigenvalue weighted by Gasteiger charge is -2.14. The summed E-state index contributed by atoms with van der Waals surface area (Å²) >= 11 is 0. The lowest BCUT2D eigenvalue weighted by atomic mass is 9.98. The van der Waals surface area contributed by atoms with Crippen molar-refractivity contribution in [3.63, 3.8) is 0 Å². The van der Waals surface area contributed by atoms with Gasteiger partial charge in [-0.05, 0) is 28.3 Å². The molecule has 0 bridgehead atoms. The Labute approximate surface area is 201 Å². The third-order valence-electron chi connectivity index (χ3n) is 5.91. The number of aryl methyl sites for hydroxylation is 1. The van der Waals surface area contributed by atoms with Crippen LogP contribution in [0.15, 0.2) is 54.6 Å². The second kappa shape index (κ2) is 10.4. The van der Waals surface area contributed by atoms with Crippen LogP contribution >= 0.6 is 0 Å². The van der Waals surface area contributed by atoms with Gasteiger partial charge in [-0.1, -0.05) is 48.5 Å². The van der Waals surface area contributed by atoms with Crippen LogP contribution in [0.2, 0.25) is 0 Å². The Hall–Kier alpha value is -4.18. The number of aliphatic carboxylic acids is 1. The summed E-state index contributed by atoms with van der Waals surface area (Å²) < 4.78 is 6.86. The number of alkyl carbamates (subject to hydrolysis) is 1. The number of amides is 2. The number of aliphatic hydroxyl groups excluding tert-OH is 1. The van der Waals surface area contributed by atoms with Crippen LogP contribution < -0.4 is 10.6 Å². The number of rotatable bonds is 9. The van der Waals surface area contributed by atoms with E-state index in [0.29, 0.717) is 5.69 Å². The number of aliphatic hydroxyl groups is 1. The van der Waals surface area contributed by atoms with Gasteiger partial charge in [0.2, 0.25) is 0 Å². The molecule has 0 saturated heterocycles. The molecule has 4 rings (SSSR count). The Bertz CT molecular complexity index is 1210. The number of benzene rings is 2. The van der Waals surface area contributed by atoms with E-state index >= 15 is 0 Å². The number of nitrogens with zero attached hydrogens (tertiary/aromatic N) is 2.